The van der Waals surface area contributed by atoms with Crippen molar-refractivity contribution < 1.29 is 14.4 Å². The van der Waals surface area contributed by atoms with Crippen LogP contribution in [0.1, 0.15) is 0 Å². The van der Waals surface area contributed by atoms with Gasteiger partial charge in [0.25, 0.3) is 0 Å². The molecule has 2 aromatic rings. The van der Waals surface area contributed by atoms with E-state index in [1.165, 1.54) is 12.1 Å². The molecule has 0 radical (unpaired) electrons. The fraction of sp³-hybridized carbons (Fsp3) is 0. The Kier molecular flexibility index (Phi) is 2.49. The Labute approximate surface area is 88.7 Å². The van der Waals surface area contributed by atoms with Crippen molar-refractivity contribution in [3.63, 3.8) is 0 Å². The van der Waals surface area contributed by atoms with Crippen molar-refractivity contribution in [1.82, 2.24) is 0 Å². The first kappa shape index (κ1) is 9.92. The van der Waals surface area contributed by atoms with Crippen LogP contribution in [-0.2, 0) is 0 Å². The lowest BCUT2D eigenvalue weighted by atomic mass is 9.80. The van der Waals surface area contributed by atoms with Gasteiger partial charge in [-0.1, -0.05) is 23.7 Å². The quantitative estimate of drug-likeness (QED) is 0.727. The number of hydrogen-bond acceptors (Lipinski definition) is 3. The summed E-state index contributed by atoms with van der Waals surface area (Å²) in [6.07, 6.45) is 0. The van der Waals surface area contributed by atoms with E-state index in [2.05, 4.69) is 0 Å². The molecule has 0 aliphatic heterocycles. The molecular weight excluding hydrogens is 225 g/mol. The molecule has 2 rings (SSSR count). The Morgan fingerprint density at radius 2 is 2.07 bits per heavy atom. The van der Waals surface area contributed by atoms with Crippen LogP contribution < -0.4 is 5.46 Å². The monoisotopic (exact) mass is 230 g/mol. The zero-order valence-electron chi connectivity index (χ0n) is 6.87. The molecule has 0 bridgehead atoms. The van der Waals surface area contributed by atoms with Crippen molar-refractivity contribution in [2.45, 2.75) is 0 Å². The minimum atomic E-state index is -1.56. The van der Waals surface area contributed by atoms with E-state index < -0.39 is 12.2 Å². The van der Waals surface area contributed by atoms with E-state index >= 15 is 0 Å². The summed E-state index contributed by atoms with van der Waals surface area (Å²) in [5.41, 5.74) is 0.303. The Morgan fingerprint density at radius 1 is 1.36 bits per heavy atom. The second-order valence-electron chi connectivity index (χ2n) is 2.82. The topological polar surface area (TPSA) is 40.5 Å². The standard InChI is InChI=1S/C8H5BClFO2S/c10-7-5-3-4(9(12)13)1-2-6(5)14-8(7)11/h1-3,12-13H. The average molecular weight is 230 g/mol. The first-order valence-electron chi connectivity index (χ1n) is 3.83. The maximum atomic E-state index is 13.0. The largest absolute Gasteiger partial charge is 0.488 e. The van der Waals surface area contributed by atoms with E-state index in [0.29, 0.717) is 15.5 Å². The highest BCUT2D eigenvalue weighted by molar-refractivity contribution is 7.18. The molecule has 1 aromatic heterocycles. The van der Waals surface area contributed by atoms with Gasteiger partial charge in [-0.2, -0.15) is 4.39 Å². The van der Waals surface area contributed by atoms with Crippen LogP contribution in [0, 0.1) is 5.13 Å². The van der Waals surface area contributed by atoms with Crippen LogP contribution in [0.25, 0.3) is 10.1 Å². The predicted octanol–water partition coefficient (Wildman–Crippen LogP) is 1.37. The number of rotatable bonds is 1. The lowest BCUT2D eigenvalue weighted by Crippen LogP contribution is -2.29. The second kappa shape index (κ2) is 3.51. The maximum absolute atomic E-state index is 13.0. The predicted molar refractivity (Wildman–Crippen MR) is 56.6 cm³/mol. The molecule has 1 heterocycles. The van der Waals surface area contributed by atoms with Gasteiger partial charge in [0, 0.05) is 10.1 Å². The molecule has 0 unspecified atom stereocenters. The van der Waals surface area contributed by atoms with Crippen molar-refractivity contribution in [2.75, 3.05) is 0 Å². The number of thiophene rings is 1. The molecule has 0 spiro atoms. The summed E-state index contributed by atoms with van der Waals surface area (Å²) in [5.74, 6) is 0. The fourth-order valence-electron chi connectivity index (χ4n) is 1.22. The van der Waals surface area contributed by atoms with Crippen LogP contribution in [0.15, 0.2) is 18.2 Å². The van der Waals surface area contributed by atoms with Gasteiger partial charge >= 0.3 is 7.12 Å². The zero-order valence-corrected chi connectivity index (χ0v) is 8.44. The number of benzene rings is 1. The normalized spacial score (nSPS) is 10.9. The zero-order chi connectivity index (χ0) is 10.3. The molecule has 14 heavy (non-hydrogen) atoms. The summed E-state index contributed by atoms with van der Waals surface area (Å²) in [6.45, 7) is 0. The smallest absolute Gasteiger partial charge is 0.423 e. The van der Waals surface area contributed by atoms with Crippen molar-refractivity contribution in [3.8, 4) is 0 Å². The van der Waals surface area contributed by atoms with E-state index in [1.54, 1.807) is 6.07 Å². The van der Waals surface area contributed by atoms with Crippen LogP contribution in [0.2, 0.25) is 5.02 Å². The molecule has 0 aliphatic rings. The van der Waals surface area contributed by atoms with Gasteiger partial charge < -0.3 is 10.0 Å². The van der Waals surface area contributed by atoms with Crippen LogP contribution in [0.5, 0.6) is 0 Å². The highest BCUT2D eigenvalue weighted by Crippen LogP contribution is 2.32. The minimum absolute atomic E-state index is 0.0347. The van der Waals surface area contributed by atoms with E-state index in [0.717, 1.165) is 11.3 Å². The van der Waals surface area contributed by atoms with Gasteiger partial charge in [-0.25, -0.2) is 0 Å². The van der Waals surface area contributed by atoms with Crippen molar-refractivity contribution in [1.29, 1.82) is 0 Å². The lowest BCUT2D eigenvalue weighted by Gasteiger charge is -1.98. The van der Waals surface area contributed by atoms with Gasteiger partial charge in [0.05, 0.1) is 5.02 Å². The number of fused-ring (bicyclic) bond motifs is 1. The molecule has 1 aromatic carbocycles. The van der Waals surface area contributed by atoms with Crippen LogP contribution >= 0.6 is 22.9 Å². The number of halogens is 2. The molecule has 2 N–H and O–H groups in total. The molecule has 0 saturated heterocycles. The van der Waals surface area contributed by atoms with Crippen molar-refractivity contribution >= 4 is 45.6 Å². The Bertz CT molecular complexity index is 485. The molecule has 0 saturated carbocycles. The summed E-state index contributed by atoms with van der Waals surface area (Å²) in [5, 5.41) is 17.9. The fourth-order valence-corrected chi connectivity index (χ4v) is 2.34. The van der Waals surface area contributed by atoms with Gasteiger partial charge in [-0.15, -0.1) is 11.3 Å². The Hall–Kier alpha value is -0.615. The van der Waals surface area contributed by atoms with Crippen molar-refractivity contribution in [3.05, 3.63) is 28.4 Å². The molecule has 0 fully saturated rings. The average Bonchev–Trinajstić information content (AvgIpc) is 2.43. The van der Waals surface area contributed by atoms with Crippen LogP contribution in [0.3, 0.4) is 0 Å². The molecule has 2 nitrogen and oxygen atoms in total. The van der Waals surface area contributed by atoms with E-state index in [-0.39, 0.29) is 5.02 Å². The van der Waals surface area contributed by atoms with Gasteiger partial charge in [-0.3, -0.25) is 0 Å². The first-order chi connectivity index (χ1) is 6.59. The van der Waals surface area contributed by atoms with Gasteiger partial charge in [-0.05, 0) is 11.5 Å². The van der Waals surface area contributed by atoms with Crippen LogP contribution in [-0.4, -0.2) is 17.2 Å². The van der Waals surface area contributed by atoms with Gasteiger partial charge in [0.2, 0.25) is 0 Å². The highest BCUT2D eigenvalue weighted by atomic mass is 35.5. The third-order valence-corrected chi connectivity index (χ3v) is 3.35. The summed E-state index contributed by atoms with van der Waals surface area (Å²) in [6, 6.07) is 4.62. The third-order valence-electron chi connectivity index (χ3n) is 1.91. The minimum Gasteiger partial charge on any atom is -0.423 e. The Balaban J connectivity index is 2.69. The molecule has 0 aliphatic carbocycles. The molecule has 0 atom stereocenters. The maximum Gasteiger partial charge on any atom is 0.488 e. The van der Waals surface area contributed by atoms with E-state index in [9.17, 15) is 4.39 Å². The van der Waals surface area contributed by atoms with Gasteiger partial charge in [0.1, 0.15) is 0 Å². The van der Waals surface area contributed by atoms with Crippen molar-refractivity contribution in [2.24, 2.45) is 0 Å². The second-order valence-corrected chi connectivity index (χ2v) is 4.20. The third kappa shape index (κ3) is 1.52. The van der Waals surface area contributed by atoms with E-state index in [4.69, 9.17) is 21.6 Å². The number of hydrogen-bond donors (Lipinski definition) is 2. The Morgan fingerprint density at radius 3 is 2.71 bits per heavy atom. The molecule has 0 amide bonds. The SMILES string of the molecule is OB(O)c1ccc2sc(F)c(Cl)c2c1. The summed E-state index contributed by atoms with van der Waals surface area (Å²) in [4.78, 5) is 0. The highest BCUT2D eigenvalue weighted by Gasteiger charge is 2.15. The summed E-state index contributed by atoms with van der Waals surface area (Å²) >= 11 is 6.63. The first-order valence-corrected chi connectivity index (χ1v) is 5.02. The van der Waals surface area contributed by atoms with E-state index in [1.807, 2.05) is 0 Å². The molecule has 72 valence electrons. The van der Waals surface area contributed by atoms with Crippen LogP contribution in [0.4, 0.5) is 4.39 Å². The molecular formula is C8H5BClFO2S. The lowest BCUT2D eigenvalue weighted by molar-refractivity contribution is 0.426. The molecule has 6 heteroatoms. The summed E-state index contributed by atoms with van der Waals surface area (Å²) < 4.78 is 13.7. The summed E-state index contributed by atoms with van der Waals surface area (Å²) in [7, 11) is -1.56. The van der Waals surface area contributed by atoms with Gasteiger partial charge in [0.15, 0.2) is 5.13 Å².